The molecule has 102 valence electrons. The predicted octanol–water partition coefficient (Wildman–Crippen LogP) is 4.19. The van der Waals surface area contributed by atoms with E-state index in [1.54, 1.807) is 11.3 Å². The van der Waals surface area contributed by atoms with Crippen LogP contribution in [0.3, 0.4) is 0 Å². The monoisotopic (exact) mass is 275 g/mol. The summed E-state index contributed by atoms with van der Waals surface area (Å²) in [6.07, 6.45) is 2.37. The van der Waals surface area contributed by atoms with Crippen molar-refractivity contribution in [3.8, 4) is 0 Å². The second-order valence-corrected chi connectivity index (χ2v) is 6.52. The van der Waals surface area contributed by atoms with Crippen LogP contribution in [-0.2, 0) is 13.0 Å². The zero-order valence-corrected chi connectivity index (χ0v) is 12.4. The quantitative estimate of drug-likeness (QED) is 0.855. The van der Waals surface area contributed by atoms with Gasteiger partial charge in [0.1, 0.15) is 11.5 Å². The maximum atomic E-state index is 5.90. The maximum absolute atomic E-state index is 5.90. The largest absolute Gasteiger partial charge is 0.464 e. The molecule has 0 bridgehead atoms. The van der Waals surface area contributed by atoms with E-state index in [9.17, 15) is 0 Å². The second kappa shape index (κ2) is 5.51. The summed E-state index contributed by atoms with van der Waals surface area (Å²) < 4.78 is 5.90. The Kier molecular flexibility index (Phi) is 3.76. The Labute approximate surface area is 118 Å². The van der Waals surface area contributed by atoms with Crippen LogP contribution < -0.4 is 5.32 Å². The number of furan rings is 1. The van der Waals surface area contributed by atoms with Gasteiger partial charge >= 0.3 is 0 Å². The summed E-state index contributed by atoms with van der Waals surface area (Å²) in [6, 6.07) is 6.94. The molecule has 3 atom stereocenters. The SMILES string of the molecule is CC(Cc1ccsc1)NCc1ccc(C2CC2C)o1. The van der Waals surface area contributed by atoms with E-state index in [2.05, 4.69) is 48.1 Å². The highest BCUT2D eigenvalue weighted by molar-refractivity contribution is 7.07. The molecule has 3 unspecified atom stereocenters. The van der Waals surface area contributed by atoms with Crippen molar-refractivity contribution < 1.29 is 4.42 Å². The van der Waals surface area contributed by atoms with Gasteiger partial charge < -0.3 is 9.73 Å². The average Bonchev–Trinajstić information content (AvgIpc) is 2.87. The standard InChI is InChI=1S/C16H21NOS/c1-11-7-15(11)16-4-3-14(18-16)9-17-12(2)8-13-5-6-19-10-13/h3-6,10-12,15,17H,7-9H2,1-2H3. The molecule has 2 aromatic heterocycles. The first-order valence-electron chi connectivity index (χ1n) is 7.05. The molecule has 3 heteroatoms. The Balaban J connectivity index is 1.47. The fraction of sp³-hybridized carbons (Fsp3) is 0.500. The third kappa shape index (κ3) is 3.28. The maximum Gasteiger partial charge on any atom is 0.117 e. The summed E-state index contributed by atoms with van der Waals surface area (Å²) in [5.41, 5.74) is 1.41. The fourth-order valence-corrected chi connectivity index (χ4v) is 3.20. The molecule has 1 aliphatic rings. The van der Waals surface area contributed by atoms with Gasteiger partial charge in [0.25, 0.3) is 0 Å². The van der Waals surface area contributed by atoms with Crippen molar-refractivity contribution in [1.82, 2.24) is 5.32 Å². The molecule has 1 fully saturated rings. The Morgan fingerprint density at radius 3 is 2.95 bits per heavy atom. The molecule has 2 heterocycles. The minimum Gasteiger partial charge on any atom is -0.464 e. The van der Waals surface area contributed by atoms with Gasteiger partial charge in [-0.1, -0.05) is 6.92 Å². The van der Waals surface area contributed by atoms with E-state index in [1.165, 1.54) is 17.7 Å². The molecule has 2 nitrogen and oxygen atoms in total. The summed E-state index contributed by atoms with van der Waals surface area (Å²) in [7, 11) is 0. The van der Waals surface area contributed by atoms with Gasteiger partial charge in [-0.2, -0.15) is 11.3 Å². The molecule has 0 amide bonds. The van der Waals surface area contributed by atoms with Gasteiger partial charge in [0.15, 0.2) is 0 Å². The summed E-state index contributed by atoms with van der Waals surface area (Å²) in [5, 5.41) is 7.89. The van der Waals surface area contributed by atoms with E-state index in [0.29, 0.717) is 12.0 Å². The van der Waals surface area contributed by atoms with Gasteiger partial charge in [0.05, 0.1) is 6.54 Å². The molecule has 3 rings (SSSR count). The average molecular weight is 275 g/mol. The fourth-order valence-electron chi connectivity index (χ4n) is 2.52. The molecule has 0 radical (unpaired) electrons. The first-order valence-corrected chi connectivity index (χ1v) is 7.99. The number of hydrogen-bond donors (Lipinski definition) is 1. The molecule has 0 aromatic carbocycles. The van der Waals surface area contributed by atoms with E-state index >= 15 is 0 Å². The zero-order valence-electron chi connectivity index (χ0n) is 11.6. The Bertz CT molecular complexity index is 517. The van der Waals surface area contributed by atoms with Crippen LogP contribution in [-0.4, -0.2) is 6.04 Å². The van der Waals surface area contributed by atoms with E-state index in [-0.39, 0.29) is 0 Å². The van der Waals surface area contributed by atoms with Crippen LogP contribution in [0, 0.1) is 5.92 Å². The highest BCUT2D eigenvalue weighted by Crippen LogP contribution is 2.47. The molecule has 1 aliphatic carbocycles. The zero-order chi connectivity index (χ0) is 13.2. The molecule has 1 N–H and O–H groups in total. The Hall–Kier alpha value is -1.06. The van der Waals surface area contributed by atoms with E-state index in [4.69, 9.17) is 4.42 Å². The summed E-state index contributed by atoms with van der Waals surface area (Å²) in [6.45, 7) is 5.34. The molecule has 0 saturated heterocycles. The number of hydrogen-bond acceptors (Lipinski definition) is 3. The summed E-state index contributed by atoms with van der Waals surface area (Å²) in [4.78, 5) is 0. The van der Waals surface area contributed by atoms with Crippen LogP contribution in [0.25, 0.3) is 0 Å². The lowest BCUT2D eigenvalue weighted by molar-refractivity contribution is 0.426. The predicted molar refractivity (Wildman–Crippen MR) is 79.6 cm³/mol. The lowest BCUT2D eigenvalue weighted by Gasteiger charge is -2.11. The first-order chi connectivity index (χ1) is 9.22. The van der Waals surface area contributed by atoms with Crippen molar-refractivity contribution >= 4 is 11.3 Å². The molecule has 0 spiro atoms. The molecule has 2 aromatic rings. The molecular weight excluding hydrogens is 254 g/mol. The summed E-state index contributed by atoms with van der Waals surface area (Å²) in [5.74, 6) is 3.72. The normalized spacial score (nSPS) is 23.5. The highest BCUT2D eigenvalue weighted by Gasteiger charge is 2.36. The van der Waals surface area contributed by atoms with Crippen molar-refractivity contribution in [3.63, 3.8) is 0 Å². The third-order valence-corrected chi connectivity index (χ3v) is 4.64. The van der Waals surface area contributed by atoms with Crippen molar-refractivity contribution in [2.45, 2.75) is 45.2 Å². The minimum atomic E-state index is 0.475. The first kappa shape index (κ1) is 12.9. The van der Waals surface area contributed by atoms with Gasteiger partial charge in [-0.3, -0.25) is 0 Å². The van der Waals surface area contributed by atoms with Gasteiger partial charge in [-0.15, -0.1) is 0 Å². The summed E-state index contributed by atoms with van der Waals surface area (Å²) >= 11 is 1.76. The second-order valence-electron chi connectivity index (χ2n) is 5.74. The highest BCUT2D eigenvalue weighted by atomic mass is 32.1. The van der Waals surface area contributed by atoms with Gasteiger partial charge in [0.2, 0.25) is 0 Å². The van der Waals surface area contributed by atoms with Crippen molar-refractivity contribution in [3.05, 3.63) is 46.0 Å². The van der Waals surface area contributed by atoms with Crippen LogP contribution in [0.2, 0.25) is 0 Å². The van der Waals surface area contributed by atoms with Crippen LogP contribution in [0.5, 0.6) is 0 Å². The molecule has 1 saturated carbocycles. The number of nitrogens with one attached hydrogen (secondary N) is 1. The van der Waals surface area contributed by atoms with Gasteiger partial charge in [-0.25, -0.2) is 0 Å². The number of thiophene rings is 1. The minimum absolute atomic E-state index is 0.475. The van der Waals surface area contributed by atoms with Gasteiger partial charge in [-0.05, 0) is 60.2 Å². The van der Waals surface area contributed by atoms with Crippen LogP contribution in [0.1, 0.15) is 43.3 Å². The van der Waals surface area contributed by atoms with Crippen LogP contribution in [0.15, 0.2) is 33.4 Å². The van der Waals surface area contributed by atoms with Crippen molar-refractivity contribution in [1.29, 1.82) is 0 Å². The van der Waals surface area contributed by atoms with Crippen molar-refractivity contribution in [2.75, 3.05) is 0 Å². The Morgan fingerprint density at radius 1 is 1.42 bits per heavy atom. The van der Waals surface area contributed by atoms with E-state index in [0.717, 1.165) is 24.6 Å². The third-order valence-electron chi connectivity index (χ3n) is 3.90. The lowest BCUT2D eigenvalue weighted by atomic mass is 10.1. The van der Waals surface area contributed by atoms with Crippen LogP contribution >= 0.6 is 11.3 Å². The van der Waals surface area contributed by atoms with Crippen molar-refractivity contribution in [2.24, 2.45) is 5.92 Å². The molecular formula is C16H21NOS. The topological polar surface area (TPSA) is 25.2 Å². The van der Waals surface area contributed by atoms with Crippen LogP contribution in [0.4, 0.5) is 0 Å². The molecule has 0 aliphatic heterocycles. The molecule has 19 heavy (non-hydrogen) atoms. The Morgan fingerprint density at radius 2 is 2.26 bits per heavy atom. The van der Waals surface area contributed by atoms with E-state index in [1.807, 2.05) is 0 Å². The van der Waals surface area contributed by atoms with Gasteiger partial charge in [0, 0.05) is 12.0 Å². The smallest absolute Gasteiger partial charge is 0.117 e. The lowest BCUT2D eigenvalue weighted by Crippen LogP contribution is -2.27. The number of rotatable bonds is 6. The van der Waals surface area contributed by atoms with E-state index < -0.39 is 0 Å².